The number of anilines is 1. The number of amides is 1. The normalized spacial score (nSPS) is 11.3. The van der Waals surface area contributed by atoms with Gasteiger partial charge in [-0.15, -0.1) is 0 Å². The lowest BCUT2D eigenvalue weighted by Gasteiger charge is -2.18. The molecule has 9 heteroatoms. The lowest BCUT2D eigenvalue weighted by atomic mass is 10.2. The van der Waals surface area contributed by atoms with Crippen molar-refractivity contribution in [3.63, 3.8) is 0 Å². The minimum Gasteiger partial charge on any atom is -0.452 e. The highest BCUT2D eigenvalue weighted by atomic mass is 32.2. The summed E-state index contributed by atoms with van der Waals surface area (Å²) in [5.41, 5.74) is 0.658. The van der Waals surface area contributed by atoms with Gasteiger partial charge in [0.1, 0.15) is 0 Å². The first-order valence-corrected chi connectivity index (χ1v) is 13.0. The van der Waals surface area contributed by atoms with E-state index in [2.05, 4.69) is 5.32 Å². The Balaban J connectivity index is 1.64. The molecular formula is C25H26N2O5S2. The molecule has 3 rings (SSSR count). The average Bonchev–Trinajstić information content (AvgIpc) is 2.85. The van der Waals surface area contributed by atoms with E-state index in [0.717, 1.165) is 9.79 Å². The van der Waals surface area contributed by atoms with Crippen LogP contribution in [0.1, 0.15) is 24.2 Å². The van der Waals surface area contributed by atoms with Crippen LogP contribution in [0.5, 0.6) is 0 Å². The number of para-hydroxylation sites is 1. The molecule has 7 nitrogen and oxygen atoms in total. The van der Waals surface area contributed by atoms with E-state index < -0.39 is 28.5 Å². The number of esters is 1. The van der Waals surface area contributed by atoms with Gasteiger partial charge in [-0.3, -0.25) is 4.79 Å². The van der Waals surface area contributed by atoms with Crippen LogP contribution in [0.25, 0.3) is 0 Å². The van der Waals surface area contributed by atoms with Crippen LogP contribution in [0.4, 0.5) is 5.69 Å². The van der Waals surface area contributed by atoms with Crippen molar-refractivity contribution in [1.82, 2.24) is 4.31 Å². The quantitative estimate of drug-likeness (QED) is 0.409. The maximum absolute atomic E-state index is 12.7. The molecule has 0 bridgehead atoms. The number of hydrogen-bond acceptors (Lipinski definition) is 6. The number of ether oxygens (including phenoxy) is 1. The number of carbonyl (C=O) groups excluding carboxylic acids is 2. The number of hydrogen-bond donors (Lipinski definition) is 1. The summed E-state index contributed by atoms with van der Waals surface area (Å²) in [4.78, 5) is 26.8. The van der Waals surface area contributed by atoms with Crippen LogP contribution < -0.4 is 5.32 Å². The highest BCUT2D eigenvalue weighted by molar-refractivity contribution is 7.99. The molecule has 0 radical (unpaired) electrons. The van der Waals surface area contributed by atoms with Crippen molar-refractivity contribution in [2.45, 2.75) is 28.5 Å². The molecule has 0 fully saturated rings. The SMILES string of the molecule is CCN(CC)S(=O)(=O)c1cccc(C(=O)OCC(=O)Nc2ccccc2Sc2ccccc2)c1. The molecule has 3 aromatic rings. The third-order valence-electron chi connectivity index (χ3n) is 4.88. The van der Waals surface area contributed by atoms with Crippen LogP contribution in [0.3, 0.4) is 0 Å². The third-order valence-corrected chi connectivity index (χ3v) is 8.01. The van der Waals surface area contributed by atoms with Crippen molar-refractivity contribution in [2.24, 2.45) is 0 Å². The molecular weight excluding hydrogens is 472 g/mol. The van der Waals surface area contributed by atoms with Crippen molar-refractivity contribution in [3.05, 3.63) is 84.4 Å². The number of benzene rings is 3. The summed E-state index contributed by atoms with van der Waals surface area (Å²) >= 11 is 1.50. The van der Waals surface area contributed by atoms with Gasteiger partial charge >= 0.3 is 5.97 Å². The van der Waals surface area contributed by atoms with Crippen molar-refractivity contribution in [2.75, 3.05) is 25.0 Å². The number of rotatable bonds is 10. The van der Waals surface area contributed by atoms with Crippen molar-refractivity contribution in [1.29, 1.82) is 0 Å². The van der Waals surface area contributed by atoms with Gasteiger partial charge in [0.2, 0.25) is 10.0 Å². The fourth-order valence-corrected chi connectivity index (χ4v) is 5.60. The molecule has 178 valence electrons. The minimum atomic E-state index is -3.72. The van der Waals surface area contributed by atoms with E-state index in [9.17, 15) is 18.0 Å². The molecule has 0 aliphatic heterocycles. The van der Waals surface area contributed by atoms with E-state index in [1.807, 2.05) is 42.5 Å². The van der Waals surface area contributed by atoms with Gasteiger partial charge in [-0.05, 0) is 42.5 Å². The Morgan fingerprint density at radius 2 is 1.59 bits per heavy atom. The predicted molar refractivity (Wildman–Crippen MR) is 132 cm³/mol. The van der Waals surface area contributed by atoms with Crippen LogP contribution in [0, 0.1) is 0 Å². The second kappa shape index (κ2) is 11.8. The van der Waals surface area contributed by atoms with Gasteiger partial charge in [-0.1, -0.05) is 62.0 Å². The largest absolute Gasteiger partial charge is 0.452 e. The summed E-state index contributed by atoms with van der Waals surface area (Å²) in [5.74, 6) is -1.28. The van der Waals surface area contributed by atoms with Crippen LogP contribution in [-0.2, 0) is 19.6 Å². The summed E-state index contributed by atoms with van der Waals surface area (Å²) in [6, 6.07) is 22.7. The van der Waals surface area contributed by atoms with Gasteiger partial charge in [0.15, 0.2) is 6.61 Å². The van der Waals surface area contributed by atoms with E-state index in [-0.39, 0.29) is 10.5 Å². The van der Waals surface area contributed by atoms with Gasteiger partial charge in [-0.25, -0.2) is 13.2 Å². The molecule has 0 atom stereocenters. The Morgan fingerprint density at radius 3 is 2.29 bits per heavy atom. The second-order valence-electron chi connectivity index (χ2n) is 7.15. The molecule has 1 N–H and O–H groups in total. The standard InChI is InChI=1S/C25H26N2O5S2/c1-3-27(4-2)34(30,31)21-14-10-11-19(17-21)25(29)32-18-24(28)26-22-15-8-9-16-23(22)33-20-12-6-5-7-13-20/h5-17H,3-4,18H2,1-2H3,(H,26,28). The zero-order valence-electron chi connectivity index (χ0n) is 18.9. The van der Waals surface area contributed by atoms with E-state index in [4.69, 9.17) is 4.74 Å². The lowest BCUT2D eigenvalue weighted by Crippen LogP contribution is -2.30. The maximum Gasteiger partial charge on any atom is 0.338 e. The Kier molecular flexibility index (Phi) is 8.86. The van der Waals surface area contributed by atoms with Crippen LogP contribution in [0.2, 0.25) is 0 Å². The smallest absolute Gasteiger partial charge is 0.338 e. The summed E-state index contributed by atoms with van der Waals surface area (Å²) < 4.78 is 31.9. The molecule has 0 aliphatic rings. The molecule has 3 aromatic carbocycles. The third kappa shape index (κ3) is 6.47. The minimum absolute atomic E-state index is 0.00182. The van der Waals surface area contributed by atoms with Crippen molar-refractivity contribution < 1.29 is 22.7 Å². The Labute approximate surface area is 204 Å². The average molecular weight is 499 g/mol. The summed E-state index contributed by atoms with van der Waals surface area (Å²) in [6.45, 7) is 3.62. The zero-order valence-corrected chi connectivity index (χ0v) is 20.6. The summed E-state index contributed by atoms with van der Waals surface area (Å²) in [7, 11) is -3.72. The molecule has 0 saturated heterocycles. The number of carbonyl (C=O) groups is 2. The van der Waals surface area contributed by atoms with Crippen LogP contribution in [-0.4, -0.2) is 44.3 Å². The molecule has 0 saturated carbocycles. The first-order valence-electron chi connectivity index (χ1n) is 10.7. The van der Waals surface area contributed by atoms with Crippen molar-refractivity contribution >= 4 is 39.3 Å². The molecule has 34 heavy (non-hydrogen) atoms. The Morgan fingerprint density at radius 1 is 0.912 bits per heavy atom. The van der Waals surface area contributed by atoms with Crippen LogP contribution >= 0.6 is 11.8 Å². The number of nitrogens with zero attached hydrogens (tertiary/aromatic N) is 1. The van der Waals surface area contributed by atoms with E-state index in [0.29, 0.717) is 18.8 Å². The number of nitrogens with one attached hydrogen (secondary N) is 1. The van der Waals surface area contributed by atoms with Gasteiger partial charge in [0.05, 0.1) is 16.1 Å². The van der Waals surface area contributed by atoms with Gasteiger partial charge in [-0.2, -0.15) is 4.31 Å². The Hall–Kier alpha value is -3.14. The first kappa shape index (κ1) is 25.5. The fraction of sp³-hybridized carbons (Fsp3) is 0.200. The second-order valence-corrected chi connectivity index (χ2v) is 10.2. The van der Waals surface area contributed by atoms with E-state index in [1.165, 1.54) is 40.3 Å². The van der Waals surface area contributed by atoms with Gasteiger partial charge < -0.3 is 10.1 Å². The van der Waals surface area contributed by atoms with Gasteiger partial charge in [0, 0.05) is 22.9 Å². The van der Waals surface area contributed by atoms with Gasteiger partial charge in [0.25, 0.3) is 5.91 Å². The summed E-state index contributed by atoms with van der Waals surface area (Å²) in [5, 5.41) is 2.76. The predicted octanol–water partition coefficient (Wildman–Crippen LogP) is 4.66. The lowest BCUT2D eigenvalue weighted by molar-refractivity contribution is -0.119. The van der Waals surface area contributed by atoms with E-state index in [1.54, 1.807) is 26.0 Å². The topological polar surface area (TPSA) is 92.8 Å². The van der Waals surface area contributed by atoms with Crippen molar-refractivity contribution in [3.8, 4) is 0 Å². The highest BCUT2D eigenvalue weighted by Gasteiger charge is 2.23. The van der Waals surface area contributed by atoms with E-state index >= 15 is 0 Å². The highest BCUT2D eigenvalue weighted by Crippen LogP contribution is 2.33. The molecule has 0 aromatic heterocycles. The molecule has 0 aliphatic carbocycles. The monoisotopic (exact) mass is 498 g/mol. The summed E-state index contributed by atoms with van der Waals surface area (Å²) in [6.07, 6.45) is 0. The van der Waals surface area contributed by atoms with Crippen LogP contribution in [0.15, 0.2) is 93.5 Å². The molecule has 0 unspecified atom stereocenters. The first-order chi connectivity index (χ1) is 16.3. The number of sulfonamides is 1. The molecule has 0 spiro atoms. The maximum atomic E-state index is 12.7. The molecule has 1 amide bonds. The zero-order chi connectivity index (χ0) is 24.6. The Bertz CT molecular complexity index is 1240. The fourth-order valence-electron chi connectivity index (χ4n) is 3.17. The molecule has 0 heterocycles.